The van der Waals surface area contributed by atoms with Gasteiger partial charge in [-0.05, 0) is 54.5 Å². The molecule has 0 aliphatic heterocycles. The number of carbonyl (C=O) groups excluding carboxylic acids is 1. The number of carbonyl (C=O) groups is 1. The Morgan fingerprint density at radius 1 is 1.28 bits per heavy atom. The second-order valence-corrected chi connectivity index (χ2v) is 7.08. The van der Waals surface area contributed by atoms with Crippen molar-refractivity contribution < 1.29 is 4.79 Å². The van der Waals surface area contributed by atoms with Crippen molar-refractivity contribution in [1.82, 2.24) is 19.7 Å². The van der Waals surface area contributed by atoms with Gasteiger partial charge < -0.3 is 10.7 Å². The van der Waals surface area contributed by atoms with Crippen LogP contribution in [0.3, 0.4) is 0 Å². The SMILES string of the molecule is Cc1nc2ccc(-n3ncc(C(=O)C4=Cc5ccc(C#N)cc5C4)c3N)cc2[nH]1. The predicted molar refractivity (Wildman–Crippen MR) is 110 cm³/mol. The Balaban J connectivity index is 1.48. The summed E-state index contributed by atoms with van der Waals surface area (Å²) in [5, 5.41) is 13.4. The minimum Gasteiger partial charge on any atom is -0.383 e. The number of Topliss-reactive ketones (excluding diaryl/α,β-unsaturated/α-hetero) is 1. The van der Waals surface area contributed by atoms with Gasteiger partial charge in [-0.2, -0.15) is 10.4 Å². The molecule has 7 nitrogen and oxygen atoms in total. The zero-order valence-electron chi connectivity index (χ0n) is 15.6. The van der Waals surface area contributed by atoms with Gasteiger partial charge in [-0.15, -0.1) is 0 Å². The van der Waals surface area contributed by atoms with Crippen molar-refractivity contribution in [3.05, 3.63) is 76.2 Å². The summed E-state index contributed by atoms with van der Waals surface area (Å²) in [4.78, 5) is 20.6. The van der Waals surface area contributed by atoms with E-state index in [1.54, 1.807) is 10.7 Å². The minimum absolute atomic E-state index is 0.151. The Bertz CT molecular complexity index is 1380. The number of aromatic amines is 1. The molecule has 7 heteroatoms. The Kier molecular flexibility index (Phi) is 3.61. The lowest BCUT2D eigenvalue weighted by Gasteiger charge is -2.05. The van der Waals surface area contributed by atoms with Crippen LogP contribution in [0.15, 0.2) is 48.2 Å². The summed E-state index contributed by atoms with van der Waals surface area (Å²) in [7, 11) is 0. The van der Waals surface area contributed by atoms with E-state index >= 15 is 0 Å². The fraction of sp³-hybridized carbons (Fsp3) is 0.0909. The summed E-state index contributed by atoms with van der Waals surface area (Å²) < 4.78 is 1.55. The van der Waals surface area contributed by atoms with Crippen molar-refractivity contribution >= 4 is 28.7 Å². The lowest BCUT2D eigenvalue weighted by molar-refractivity contribution is 0.103. The Labute approximate surface area is 166 Å². The van der Waals surface area contributed by atoms with E-state index in [0.29, 0.717) is 28.9 Å². The quantitative estimate of drug-likeness (QED) is 0.529. The maximum Gasteiger partial charge on any atom is 0.194 e. The van der Waals surface area contributed by atoms with Gasteiger partial charge >= 0.3 is 0 Å². The van der Waals surface area contributed by atoms with Gasteiger partial charge in [0, 0.05) is 12.0 Å². The zero-order valence-corrected chi connectivity index (χ0v) is 15.6. The molecular formula is C22H16N6O. The lowest BCUT2D eigenvalue weighted by Crippen LogP contribution is -2.08. The first-order valence-corrected chi connectivity index (χ1v) is 9.12. The molecule has 0 unspecified atom stereocenters. The van der Waals surface area contributed by atoms with E-state index in [-0.39, 0.29) is 5.78 Å². The molecule has 0 saturated carbocycles. The molecule has 0 amide bonds. The highest BCUT2D eigenvalue weighted by Crippen LogP contribution is 2.30. The van der Waals surface area contributed by atoms with E-state index in [9.17, 15) is 4.79 Å². The highest BCUT2D eigenvalue weighted by molar-refractivity contribution is 6.15. The molecule has 0 bridgehead atoms. The number of nitriles is 1. The van der Waals surface area contributed by atoms with Crippen molar-refractivity contribution in [1.29, 1.82) is 5.26 Å². The first-order valence-electron chi connectivity index (χ1n) is 9.12. The van der Waals surface area contributed by atoms with Crippen molar-refractivity contribution in [2.75, 3.05) is 5.73 Å². The molecule has 3 N–H and O–H groups in total. The Hall–Kier alpha value is -4.18. The van der Waals surface area contributed by atoms with Crippen molar-refractivity contribution in [3.8, 4) is 11.8 Å². The number of ketones is 1. The van der Waals surface area contributed by atoms with Gasteiger partial charge in [-0.1, -0.05) is 6.07 Å². The monoisotopic (exact) mass is 380 g/mol. The highest BCUT2D eigenvalue weighted by atomic mass is 16.1. The molecule has 4 aromatic rings. The van der Waals surface area contributed by atoms with Gasteiger partial charge in [0.25, 0.3) is 0 Å². The van der Waals surface area contributed by atoms with Crippen LogP contribution in [-0.4, -0.2) is 25.5 Å². The highest BCUT2D eigenvalue weighted by Gasteiger charge is 2.24. The van der Waals surface area contributed by atoms with Crippen LogP contribution in [0.1, 0.15) is 32.9 Å². The number of hydrogen-bond acceptors (Lipinski definition) is 5. The number of nitrogen functional groups attached to an aromatic ring is 1. The number of H-pyrrole nitrogens is 1. The molecule has 0 fully saturated rings. The van der Waals surface area contributed by atoms with Crippen LogP contribution in [0.5, 0.6) is 0 Å². The first kappa shape index (κ1) is 17.0. The van der Waals surface area contributed by atoms with Gasteiger partial charge in [-0.25, -0.2) is 9.67 Å². The summed E-state index contributed by atoms with van der Waals surface area (Å²) in [5.74, 6) is 0.968. The number of allylic oxidation sites excluding steroid dienone is 1. The van der Waals surface area contributed by atoms with Gasteiger partial charge in [0.1, 0.15) is 11.6 Å². The number of aryl methyl sites for hydroxylation is 1. The molecule has 1 aliphatic carbocycles. The first-order chi connectivity index (χ1) is 14.0. The topological polar surface area (TPSA) is 113 Å². The molecule has 2 aromatic carbocycles. The summed E-state index contributed by atoms with van der Waals surface area (Å²) in [6.07, 6.45) is 3.84. The van der Waals surface area contributed by atoms with E-state index in [0.717, 1.165) is 33.7 Å². The van der Waals surface area contributed by atoms with Crippen LogP contribution in [0.25, 0.3) is 22.8 Å². The van der Waals surface area contributed by atoms with Crippen LogP contribution in [-0.2, 0) is 6.42 Å². The summed E-state index contributed by atoms with van der Waals surface area (Å²) in [5.41, 5.74) is 12.3. The van der Waals surface area contributed by atoms with Crippen LogP contribution in [0.2, 0.25) is 0 Å². The van der Waals surface area contributed by atoms with E-state index in [4.69, 9.17) is 11.0 Å². The molecule has 1 aliphatic rings. The summed E-state index contributed by atoms with van der Waals surface area (Å²) in [6.45, 7) is 1.89. The molecule has 2 heterocycles. The summed E-state index contributed by atoms with van der Waals surface area (Å²) >= 11 is 0. The van der Waals surface area contributed by atoms with E-state index in [2.05, 4.69) is 21.1 Å². The van der Waals surface area contributed by atoms with E-state index in [1.807, 2.05) is 43.3 Å². The van der Waals surface area contributed by atoms with Crippen LogP contribution in [0.4, 0.5) is 5.82 Å². The number of aromatic nitrogens is 4. The number of nitrogens with zero attached hydrogens (tertiary/aromatic N) is 4. The Morgan fingerprint density at radius 2 is 2.14 bits per heavy atom. The van der Waals surface area contributed by atoms with E-state index in [1.165, 1.54) is 6.20 Å². The van der Waals surface area contributed by atoms with E-state index < -0.39 is 0 Å². The number of fused-ring (bicyclic) bond motifs is 2. The van der Waals surface area contributed by atoms with Gasteiger partial charge in [0.2, 0.25) is 0 Å². The maximum absolute atomic E-state index is 13.1. The van der Waals surface area contributed by atoms with Crippen LogP contribution >= 0.6 is 0 Å². The number of nitrogens with two attached hydrogens (primary N) is 1. The maximum atomic E-state index is 13.1. The standard InChI is InChI=1S/C22H16N6O/c1-12-26-19-5-4-17(9-20(19)27-12)28-22(24)18(11-25-28)21(29)16-7-14-3-2-13(10-23)6-15(14)8-16/h2-7,9,11H,8,24H2,1H3,(H,26,27). The predicted octanol–water partition coefficient (Wildman–Crippen LogP) is 3.33. The zero-order chi connectivity index (χ0) is 20.1. The van der Waals surface area contributed by atoms with Gasteiger partial charge in [-0.3, -0.25) is 4.79 Å². The third-order valence-electron chi connectivity index (χ3n) is 5.15. The second-order valence-electron chi connectivity index (χ2n) is 7.08. The molecule has 0 saturated heterocycles. The fourth-order valence-corrected chi connectivity index (χ4v) is 3.73. The van der Waals surface area contributed by atoms with Crippen LogP contribution < -0.4 is 5.73 Å². The molecule has 0 spiro atoms. The normalized spacial score (nSPS) is 12.6. The van der Waals surface area contributed by atoms with Crippen molar-refractivity contribution in [2.24, 2.45) is 0 Å². The molecule has 29 heavy (non-hydrogen) atoms. The average Bonchev–Trinajstić information content (AvgIpc) is 3.41. The number of imidazole rings is 1. The number of nitrogens with one attached hydrogen (secondary N) is 1. The van der Waals surface area contributed by atoms with Gasteiger partial charge in [0.05, 0.1) is 40.1 Å². The Morgan fingerprint density at radius 3 is 2.97 bits per heavy atom. The molecular weight excluding hydrogens is 364 g/mol. The molecule has 0 radical (unpaired) electrons. The second kappa shape index (κ2) is 6.17. The number of anilines is 1. The molecule has 2 aromatic heterocycles. The largest absolute Gasteiger partial charge is 0.383 e. The van der Waals surface area contributed by atoms with Crippen LogP contribution in [0, 0.1) is 18.3 Å². The average molecular weight is 380 g/mol. The van der Waals surface area contributed by atoms with Crippen molar-refractivity contribution in [2.45, 2.75) is 13.3 Å². The fourth-order valence-electron chi connectivity index (χ4n) is 3.73. The third kappa shape index (κ3) is 2.70. The lowest BCUT2D eigenvalue weighted by atomic mass is 10.0. The van der Waals surface area contributed by atoms with Crippen molar-refractivity contribution in [3.63, 3.8) is 0 Å². The minimum atomic E-state index is -0.151. The molecule has 0 atom stereocenters. The van der Waals surface area contributed by atoms with Gasteiger partial charge in [0.15, 0.2) is 5.78 Å². The number of benzene rings is 2. The number of rotatable bonds is 3. The molecule has 5 rings (SSSR count). The number of hydrogen-bond donors (Lipinski definition) is 2. The smallest absolute Gasteiger partial charge is 0.194 e. The molecule has 140 valence electrons. The summed E-state index contributed by atoms with van der Waals surface area (Å²) in [6, 6.07) is 13.2. The third-order valence-corrected chi connectivity index (χ3v) is 5.15.